The van der Waals surface area contributed by atoms with E-state index in [0.717, 1.165) is 11.4 Å². The Morgan fingerprint density at radius 2 is 2.12 bits per heavy atom. The summed E-state index contributed by atoms with van der Waals surface area (Å²) < 4.78 is 6.86. The van der Waals surface area contributed by atoms with Gasteiger partial charge in [-0.15, -0.1) is 0 Å². The Kier molecular flexibility index (Phi) is 2.97. The van der Waals surface area contributed by atoms with Crippen LogP contribution in [0.3, 0.4) is 0 Å². The predicted molar refractivity (Wildman–Crippen MR) is 63.9 cm³/mol. The molecule has 1 aromatic heterocycles. The van der Waals surface area contributed by atoms with E-state index in [0.29, 0.717) is 18.0 Å². The zero-order valence-corrected chi connectivity index (χ0v) is 9.42. The number of ether oxygens (including phenoxy) is 1. The predicted octanol–water partition coefficient (Wildman–Crippen LogP) is 1.72. The first-order valence-electron chi connectivity index (χ1n) is 5.23. The quantitative estimate of drug-likeness (QED) is 0.867. The molecule has 0 spiro atoms. The zero-order valence-electron chi connectivity index (χ0n) is 9.42. The topological polar surface area (TPSA) is 76.9 Å². The van der Waals surface area contributed by atoms with Gasteiger partial charge in [-0.05, 0) is 31.2 Å². The summed E-state index contributed by atoms with van der Waals surface area (Å²) in [5, 5.41) is 12.9. The molecule has 0 aliphatic heterocycles. The van der Waals surface area contributed by atoms with Crippen molar-refractivity contribution in [1.29, 1.82) is 5.26 Å². The van der Waals surface area contributed by atoms with Crippen LogP contribution in [-0.2, 0) is 0 Å². The van der Waals surface area contributed by atoms with Crippen molar-refractivity contribution < 1.29 is 4.74 Å². The molecule has 5 nitrogen and oxygen atoms in total. The van der Waals surface area contributed by atoms with Gasteiger partial charge in [-0.1, -0.05) is 0 Å². The van der Waals surface area contributed by atoms with Crippen LogP contribution in [0.4, 0.5) is 5.82 Å². The second-order valence-corrected chi connectivity index (χ2v) is 3.39. The van der Waals surface area contributed by atoms with Crippen LogP contribution in [0.5, 0.6) is 5.75 Å². The van der Waals surface area contributed by atoms with E-state index >= 15 is 0 Å². The minimum atomic E-state index is 0.344. The number of hydrogen-bond donors (Lipinski definition) is 1. The summed E-state index contributed by atoms with van der Waals surface area (Å²) in [6, 6.07) is 9.35. The number of nitriles is 1. The smallest absolute Gasteiger partial charge is 0.145 e. The minimum Gasteiger partial charge on any atom is -0.494 e. The molecule has 17 heavy (non-hydrogen) atoms. The highest BCUT2D eigenvalue weighted by Gasteiger charge is 2.08. The number of anilines is 1. The van der Waals surface area contributed by atoms with E-state index in [-0.39, 0.29) is 0 Å². The van der Waals surface area contributed by atoms with Gasteiger partial charge in [0.25, 0.3) is 0 Å². The van der Waals surface area contributed by atoms with Gasteiger partial charge in [0.1, 0.15) is 23.2 Å². The van der Waals surface area contributed by atoms with Gasteiger partial charge in [-0.25, -0.2) is 4.68 Å². The van der Waals surface area contributed by atoms with Crippen LogP contribution < -0.4 is 10.5 Å². The molecule has 0 aliphatic carbocycles. The average Bonchev–Trinajstić information content (AvgIpc) is 2.72. The molecule has 5 heteroatoms. The van der Waals surface area contributed by atoms with E-state index in [9.17, 15) is 0 Å². The minimum absolute atomic E-state index is 0.344. The van der Waals surface area contributed by atoms with Crippen LogP contribution in [0.15, 0.2) is 30.5 Å². The summed E-state index contributed by atoms with van der Waals surface area (Å²) in [5.41, 5.74) is 6.96. The Labute approximate surface area is 99.0 Å². The number of nitrogens with two attached hydrogens (primary N) is 1. The van der Waals surface area contributed by atoms with Gasteiger partial charge >= 0.3 is 0 Å². The fraction of sp³-hybridized carbons (Fsp3) is 0.167. The van der Waals surface area contributed by atoms with Crippen molar-refractivity contribution in [1.82, 2.24) is 9.78 Å². The molecule has 0 saturated carbocycles. The summed E-state index contributed by atoms with van der Waals surface area (Å²) >= 11 is 0. The molecular weight excluding hydrogens is 216 g/mol. The molecule has 2 aromatic rings. The molecule has 0 aliphatic rings. The number of nitrogen functional groups attached to an aromatic ring is 1. The molecule has 2 N–H and O–H groups in total. The maximum Gasteiger partial charge on any atom is 0.145 e. The highest BCUT2D eigenvalue weighted by Crippen LogP contribution is 2.19. The van der Waals surface area contributed by atoms with Crippen LogP contribution in [0.25, 0.3) is 5.69 Å². The van der Waals surface area contributed by atoms with E-state index in [1.807, 2.05) is 37.3 Å². The van der Waals surface area contributed by atoms with Gasteiger partial charge in [-0.3, -0.25) is 0 Å². The highest BCUT2D eigenvalue weighted by atomic mass is 16.5. The first kappa shape index (κ1) is 11.0. The van der Waals surface area contributed by atoms with Gasteiger partial charge in [0, 0.05) is 0 Å². The van der Waals surface area contributed by atoms with Crippen molar-refractivity contribution in [3.05, 3.63) is 36.0 Å². The number of hydrogen-bond acceptors (Lipinski definition) is 4. The molecule has 0 amide bonds. The molecule has 1 heterocycles. The molecule has 0 unspecified atom stereocenters. The molecule has 2 rings (SSSR count). The average molecular weight is 228 g/mol. The molecule has 1 aromatic carbocycles. The van der Waals surface area contributed by atoms with Crippen LogP contribution >= 0.6 is 0 Å². The first-order valence-corrected chi connectivity index (χ1v) is 5.23. The summed E-state index contributed by atoms with van der Waals surface area (Å²) in [7, 11) is 0. The molecule has 0 fully saturated rings. The highest BCUT2D eigenvalue weighted by molar-refractivity contribution is 5.53. The second-order valence-electron chi connectivity index (χ2n) is 3.39. The Hall–Kier alpha value is -2.48. The SMILES string of the molecule is CCOc1ccc(-n2ncc(C#N)c2N)cc1. The zero-order chi connectivity index (χ0) is 12.3. The third-order valence-electron chi connectivity index (χ3n) is 2.32. The maximum absolute atomic E-state index is 8.79. The molecule has 0 bridgehead atoms. The van der Waals surface area contributed by atoms with E-state index in [2.05, 4.69) is 5.10 Å². The van der Waals surface area contributed by atoms with Gasteiger partial charge in [0.05, 0.1) is 18.5 Å². The lowest BCUT2D eigenvalue weighted by Crippen LogP contribution is -2.02. The normalized spacial score (nSPS) is 9.88. The number of rotatable bonds is 3. The van der Waals surface area contributed by atoms with E-state index in [1.54, 1.807) is 0 Å². The molecular formula is C12H12N4O. The lowest BCUT2D eigenvalue weighted by Gasteiger charge is -2.06. The van der Waals surface area contributed by atoms with Crippen LogP contribution in [0.1, 0.15) is 12.5 Å². The number of nitrogens with zero attached hydrogens (tertiary/aromatic N) is 3. The lowest BCUT2D eigenvalue weighted by molar-refractivity contribution is 0.340. The Balaban J connectivity index is 2.34. The number of benzene rings is 1. The van der Waals surface area contributed by atoms with Crippen molar-refractivity contribution in [2.75, 3.05) is 12.3 Å². The van der Waals surface area contributed by atoms with Gasteiger partial charge in [0.2, 0.25) is 0 Å². The van der Waals surface area contributed by atoms with Gasteiger partial charge in [-0.2, -0.15) is 10.4 Å². The van der Waals surface area contributed by atoms with Crippen molar-refractivity contribution in [2.24, 2.45) is 0 Å². The summed E-state index contributed by atoms with van der Waals surface area (Å²) in [5.74, 6) is 1.14. The standard InChI is InChI=1S/C12H12N4O/c1-2-17-11-5-3-10(4-6-11)16-12(14)9(7-13)8-15-16/h3-6,8H,2,14H2,1H3. The van der Waals surface area contributed by atoms with Gasteiger partial charge in [0.15, 0.2) is 0 Å². The molecule has 0 atom stereocenters. The first-order chi connectivity index (χ1) is 8.26. The lowest BCUT2D eigenvalue weighted by atomic mass is 10.3. The van der Waals surface area contributed by atoms with Crippen molar-refractivity contribution in [3.63, 3.8) is 0 Å². The Morgan fingerprint density at radius 3 is 2.65 bits per heavy atom. The van der Waals surface area contributed by atoms with E-state index < -0.39 is 0 Å². The fourth-order valence-corrected chi connectivity index (χ4v) is 1.50. The van der Waals surface area contributed by atoms with Crippen LogP contribution in [0, 0.1) is 11.3 Å². The summed E-state index contributed by atoms with van der Waals surface area (Å²) in [6.45, 7) is 2.56. The second kappa shape index (κ2) is 4.58. The fourth-order valence-electron chi connectivity index (χ4n) is 1.50. The molecule has 0 radical (unpaired) electrons. The third kappa shape index (κ3) is 2.06. The third-order valence-corrected chi connectivity index (χ3v) is 2.32. The largest absolute Gasteiger partial charge is 0.494 e. The van der Waals surface area contributed by atoms with Crippen molar-refractivity contribution >= 4 is 5.82 Å². The van der Waals surface area contributed by atoms with Gasteiger partial charge < -0.3 is 10.5 Å². The van der Waals surface area contributed by atoms with Crippen molar-refractivity contribution in [2.45, 2.75) is 6.92 Å². The van der Waals surface area contributed by atoms with Crippen molar-refractivity contribution in [3.8, 4) is 17.5 Å². The van der Waals surface area contributed by atoms with Crippen LogP contribution in [-0.4, -0.2) is 16.4 Å². The van der Waals surface area contributed by atoms with E-state index in [1.165, 1.54) is 10.9 Å². The summed E-state index contributed by atoms with van der Waals surface area (Å²) in [6.07, 6.45) is 1.45. The summed E-state index contributed by atoms with van der Waals surface area (Å²) in [4.78, 5) is 0. The van der Waals surface area contributed by atoms with E-state index in [4.69, 9.17) is 15.7 Å². The Bertz CT molecular complexity index is 551. The maximum atomic E-state index is 8.79. The molecule has 86 valence electrons. The Morgan fingerprint density at radius 1 is 1.41 bits per heavy atom. The number of aromatic nitrogens is 2. The molecule has 0 saturated heterocycles. The monoisotopic (exact) mass is 228 g/mol. The van der Waals surface area contributed by atoms with Crippen LogP contribution in [0.2, 0.25) is 0 Å².